The number of hydrogen-bond acceptors (Lipinski definition) is 6. The normalized spacial score (nSPS) is 19.8. The van der Waals surface area contributed by atoms with Crippen LogP contribution in [0.1, 0.15) is 54.2 Å². The van der Waals surface area contributed by atoms with E-state index in [9.17, 15) is 18.8 Å². The number of hydrogen-bond donors (Lipinski definition) is 2. The van der Waals surface area contributed by atoms with Crippen molar-refractivity contribution in [2.45, 2.75) is 59.0 Å². The Balaban J connectivity index is 1.38. The number of anilines is 1. The molecule has 2 heterocycles. The molecule has 0 aliphatic carbocycles. The average Bonchev–Trinajstić information content (AvgIpc) is 3.13. The lowest BCUT2D eigenvalue weighted by molar-refractivity contribution is -0.130. The number of carbonyl (C=O) groups is 3. The molecule has 2 aromatic rings. The van der Waals surface area contributed by atoms with E-state index >= 15 is 0 Å². The lowest BCUT2D eigenvalue weighted by Crippen LogP contribution is -2.44. The zero-order valence-electron chi connectivity index (χ0n) is 21.0. The third-order valence-corrected chi connectivity index (χ3v) is 6.47. The van der Waals surface area contributed by atoms with E-state index in [1.165, 1.54) is 4.90 Å². The fourth-order valence-electron chi connectivity index (χ4n) is 4.84. The Hall–Kier alpha value is -3.30. The van der Waals surface area contributed by atoms with E-state index in [4.69, 9.17) is 4.74 Å². The Bertz CT molecular complexity index is 1140. The maximum absolute atomic E-state index is 14.9. The SMILES string of the molecule is CCC(=O)NC(=O)CN1Cc2c(NCc3ccc(CN4CC(C)OC(C)C4)cc3F)cccc2C1=O. The van der Waals surface area contributed by atoms with Crippen molar-refractivity contribution in [2.24, 2.45) is 0 Å². The highest BCUT2D eigenvalue weighted by Gasteiger charge is 2.31. The number of amides is 3. The molecule has 0 spiro atoms. The second-order valence-electron chi connectivity index (χ2n) is 9.55. The quantitative estimate of drug-likeness (QED) is 0.584. The number of benzene rings is 2. The van der Waals surface area contributed by atoms with Crippen molar-refractivity contribution in [1.82, 2.24) is 15.1 Å². The first-order valence-corrected chi connectivity index (χ1v) is 12.4. The third kappa shape index (κ3) is 6.09. The molecule has 2 N–H and O–H groups in total. The number of carbonyl (C=O) groups excluding carboxylic acids is 3. The molecule has 2 aliphatic rings. The summed E-state index contributed by atoms with van der Waals surface area (Å²) in [5, 5.41) is 5.52. The molecule has 1 fully saturated rings. The van der Waals surface area contributed by atoms with E-state index in [2.05, 4.69) is 15.5 Å². The topological polar surface area (TPSA) is 91.0 Å². The second-order valence-corrected chi connectivity index (χ2v) is 9.55. The van der Waals surface area contributed by atoms with Gasteiger partial charge < -0.3 is 15.0 Å². The van der Waals surface area contributed by atoms with Gasteiger partial charge in [0.15, 0.2) is 0 Å². The highest BCUT2D eigenvalue weighted by Crippen LogP contribution is 2.30. The maximum atomic E-state index is 14.9. The van der Waals surface area contributed by atoms with Crippen LogP contribution in [0.5, 0.6) is 0 Å². The van der Waals surface area contributed by atoms with E-state index in [0.29, 0.717) is 23.4 Å². The molecular formula is C27H33FN4O4. The lowest BCUT2D eigenvalue weighted by atomic mass is 10.1. The van der Waals surface area contributed by atoms with Crippen LogP contribution in [0.15, 0.2) is 36.4 Å². The van der Waals surface area contributed by atoms with Crippen molar-refractivity contribution < 1.29 is 23.5 Å². The van der Waals surface area contributed by atoms with E-state index in [1.807, 2.05) is 26.0 Å². The Kier molecular flexibility index (Phi) is 8.01. The van der Waals surface area contributed by atoms with Crippen LogP contribution in [0.25, 0.3) is 0 Å². The summed E-state index contributed by atoms with van der Waals surface area (Å²) in [5.41, 5.74) is 3.41. The number of ether oxygens (including phenoxy) is 1. The van der Waals surface area contributed by atoms with Crippen LogP contribution in [-0.4, -0.2) is 59.4 Å². The summed E-state index contributed by atoms with van der Waals surface area (Å²) >= 11 is 0. The van der Waals surface area contributed by atoms with Crippen molar-refractivity contribution >= 4 is 23.4 Å². The average molecular weight is 497 g/mol. The van der Waals surface area contributed by atoms with Crippen LogP contribution in [0, 0.1) is 5.82 Å². The number of imide groups is 1. The summed E-state index contributed by atoms with van der Waals surface area (Å²) in [5.74, 6) is -1.44. The van der Waals surface area contributed by atoms with E-state index in [1.54, 1.807) is 31.2 Å². The summed E-state index contributed by atoms with van der Waals surface area (Å²) in [6.45, 7) is 8.36. The smallest absolute Gasteiger partial charge is 0.255 e. The van der Waals surface area contributed by atoms with Crippen LogP contribution in [0.2, 0.25) is 0 Å². The van der Waals surface area contributed by atoms with Crippen molar-refractivity contribution in [2.75, 3.05) is 25.0 Å². The van der Waals surface area contributed by atoms with Gasteiger partial charge in [-0.3, -0.25) is 24.6 Å². The van der Waals surface area contributed by atoms with Crippen molar-refractivity contribution in [1.29, 1.82) is 0 Å². The van der Waals surface area contributed by atoms with Gasteiger partial charge in [-0.2, -0.15) is 0 Å². The fourth-order valence-corrected chi connectivity index (χ4v) is 4.84. The lowest BCUT2D eigenvalue weighted by Gasteiger charge is -2.35. The molecule has 8 nitrogen and oxygen atoms in total. The standard InChI is InChI=1S/C27H33FN4O4/c1-4-25(33)30-26(34)16-32-15-22-21(27(32)35)6-5-7-24(22)29-11-20-9-8-19(10-23(20)28)14-31-12-17(2)36-18(3)13-31/h5-10,17-18,29H,4,11-16H2,1-3H3,(H,30,33,34). The Morgan fingerprint density at radius 1 is 1.11 bits per heavy atom. The molecule has 0 saturated carbocycles. The number of rotatable bonds is 8. The molecule has 9 heteroatoms. The first kappa shape index (κ1) is 25.8. The molecule has 192 valence electrons. The molecule has 0 bridgehead atoms. The van der Waals surface area contributed by atoms with Gasteiger partial charge in [0.25, 0.3) is 5.91 Å². The predicted molar refractivity (Wildman–Crippen MR) is 134 cm³/mol. The van der Waals surface area contributed by atoms with Gasteiger partial charge in [0.1, 0.15) is 12.4 Å². The molecular weight excluding hydrogens is 463 g/mol. The molecule has 2 aromatic carbocycles. The van der Waals surface area contributed by atoms with Crippen molar-refractivity contribution in [3.05, 3.63) is 64.5 Å². The molecule has 2 aliphatic heterocycles. The number of fused-ring (bicyclic) bond motifs is 1. The summed E-state index contributed by atoms with van der Waals surface area (Å²) in [6, 6.07) is 10.6. The monoisotopic (exact) mass is 496 g/mol. The van der Waals surface area contributed by atoms with Crippen LogP contribution in [-0.2, 0) is 34.0 Å². The Labute approximate surface area is 210 Å². The Morgan fingerprint density at radius 2 is 1.86 bits per heavy atom. The molecule has 4 rings (SSSR count). The summed E-state index contributed by atoms with van der Waals surface area (Å²) in [7, 11) is 0. The minimum atomic E-state index is -0.513. The number of nitrogens with zero attached hydrogens (tertiary/aromatic N) is 2. The van der Waals surface area contributed by atoms with E-state index in [0.717, 1.165) is 24.2 Å². The minimum Gasteiger partial charge on any atom is -0.381 e. The van der Waals surface area contributed by atoms with Gasteiger partial charge in [-0.25, -0.2) is 4.39 Å². The molecule has 0 radical (unpaired) electrons. The van der Waals surface area contributed by atoms with Crippen LogP contribution in [0.4, 0.5) is 10.1 Å². The molecule has 2 atom stereocenters. The number of nitrogens with one attached hydrogen (secondary N) is 2. The molecule has 2 unspecified atom stereocenters. The molecule has 36 heavy (non-hydrogen) atoms. The summed E-state index contributed by atoms with van der Waals surface area (Å²) in [6.07, 6.45) is 0.508. The van der Waals surface area contributed by atoms with Gasteiger partial charge in [0, 0.05) is 61.5 Å². The second kappa shape index (κ2) is 11.2. The van der Waals surface area contributed by atoms with Crippen LogP contribution >= 0.6 is 0 Å². The zero-order chi connectivity index (χ0) is 25.8. The van der Waals surface area contributed by atoms with Gasteiger partial charge in [-0.1, -0.05) is 25.1 Å². The molecule has 1 saturated heterocycles. The molecule has 0 aromatic heterocycles. The van der Waals surface area contributed by atoms with Gasteiger partial charge in [0.05, 0.1) is 12.2 Å². The van der Waals surface area contributed by atoms with E-state index < -0.39 is 5.91 Å². The molecule has 3 amide bonds. The zero-order valence-corrected chi connectivity index (χ0v) is 21.0. The highest BCUT2D eigenvalue weighted by atomic mass is 19.1. The number of morpholine rings is 1. The predicted octanol–water partition coefficient (Wildman–Crippen LogP) is 3.06. The number of halogens is 1. The largest absolute Gasteiger partial charge is 0.381 e. The fraction of sp³-hybridized carbons (Fsp3) is 0.444. The first-order valence-electron chi connectivity index (χ1n) is 12.4. The highest BCUT2D eigenvalue weighted by molar-refractivity contribution is 6.03. The minimum absolute atomic E-state index is 0.158. The van der Waals surface area contributed by atoms with Crippen molar-refractivity contribution in [3.8, 4) is 0 Å². The van der Waals surface area contributed by atoms with Gasteiger partial charge in [-0.05, 0) is 37.6 Å². The van der Waals surface area contributed by atoms with Crippen LogP contribution in [0.3, 0.4) is 0 Å². The third-order valence-electron chi connectivity index (χ3n) is 6.47. The summed E-state index contributed by atoms with van der Waals surface area (Å²) < 4.78 is 20.7. The van der Waals surface area contributed by atoms with Gasteiger partial charge >= 0.3 is 0 Å². The van der Waals surface area contributed by atoms with E-state index in [-0.39, 0.29) is 55.9 Å². The maximum Gasteiger partial charge on any atom is 0.255 e. The van der Waals surface area contributed by atoms with Crippen LogP contribution < -0.4 is 10.6 Å². The van der Waals surface area contributed by atoms with Gasteiger partial charge in [-0.15, -0.1) is 0 Å². The first-order chi connectivity index (χ1) is 17.2. The Morgan fingerprint density at radius 3 is 2.56 bits per heavy atom. The summed E-state index contributed by atoms with van der Waals surface area (Å²) in [4.78, 5) is 40.0. The van der Waals surface area contributed by atoms with Crippen molar-refractivity contribution in [3.63, 3.8) is 0 Å². The van der Waals surface area contributed by atoms with Gasteiger partial charge in [0.2, 0.25) is 11.8 Å².